The van der Waals surface area contributed by atoms with Crippen molar-refractivity contribution < 1.29 is 9.72 Å². The van der Waals surface area contributed by atoms with Crippen LogP contribution in [-0.2, 0) is 16.9 Å². The summed E-state index contributed by atoms with van der Waals surface area (Å²) in [6, 6.07) is 9.22. The smallest absolute Gasteiger partial charge is 0.307 e. The van der Waals surface area contributed by atoms with Gasteiger partial charge in [0.05, 0.1) is 11.5 Å². The van der Waals surface area contributed by atoms with Crippen molar-refractivity contribution in [2.45, 2.75) is 32.9 Å². The molecule has 0 fully saturated rings. The number of anilines is 1. The van der Waals surface area contributed by atoms with Crippen LogP contribution >= 0.6 is 11.6 Å². The van der Waals surface area contributed by atoms with Gasteiger partial charge in [0, 0.05) is 16.8 Å². The van der Waals surface area contributed by atoms with Crippen LogP contribution in [0.1, 0.15) is 25.1 Å². The number of hydrogen-bond donors (Lipinski definition) is 1. The minimum atomic E-state index is -1.14. The molecule has 10 heteroatoms. The number of benzene rings is 1. The molecule has 1 aromatic carbocycles. The second-order valence-corrected chi connectivity index (χ2v) is 7.31. The lowest BCUT2D eigenvalue weighted by Crippen LogP contribution is -2.40. The monoisotopic (exact) mass is 402 g/mol. The predicted molar refractivity (Wildman–Crippen MR) is 104 cm³/mol. The summed E-state index contributed by atoms with van der Waals surface area (Å²) in [6.07, 6.45) is 2.33. The molecule has 1 amide bonds. The Morgan fingerprint density at radius 2 is 2.11 bits per heavy atom. The third-order valence-corrected chi connectivity index (χ3v) is 4.59. The Balaban J connectivity index is 1.75. The summed E-state index contributed by atoms with van der Waals surface area (Å²) in [5, 5.41) is 22.6. The van der Waals surface area contributed by atoms with Gasteiger partial charge in [0.15, 0.2) is 5.82 Å². The Morgan fingerprint density at radius 3 is 2.75 bits per heavy atom. The molecule has 2 heterocycles. The largest absolute Gasteiger partial charge is 0.307 e. The Kier molecular flexibility index (Phi) is 5.19. The fraction of sp³-hybridized carbons (Fsp3) is 0.278. The first-order chi connectivity index (χ1) is 13.2. The molecular formula is C18H19ClN6O3. The molecule has 0 unspecified atom stereocenters. The highest BCUT2D eigenvalue weighted by Crippen LogP contribution is 2.21. The standard InChI is InChI=1S/C18H19ClN6O3/c1-12-7-16(22-23(12)10-13-5-4-6-14(19)8-13)21-17(26)18(2,3)24-11-15(9-20-24)25(27)28/h4-9,11H,10H2,1-3H3,(H,21,22,26). The zero-order chi connectivity index (χ0) is 20.5. The van der Waals surface area contributed by atoms with Crippen molar-refractivity contribution in [3.8, 4) is 0 Å². The van der Waals surface area contributed by atoms with Crippen molar-refractivity contribution in [3.05, 3.63) is 69.1 Å². The summed E-state index contributed by atoms with van der Waals surface area (Å²) in [4.78, 5) is 23.0. The minimum Gasteiger partial charge on any atom is -0.307 e. The molecule has 0 radical (unpaired) electrons. The number of hydrogen-bond acceptors (Lipinski definition) is 5. The predicted octanol–water partition coefficient (Wildman–Crippen LogP) is 3.37. The topological polar surface area (TPSA) is 108 Å². The number of aromatic nitrogens is 4. The van der Waals surface area contributed by atoms with E-state index in [1.807, 2.05) is 25.1 Å². The van der Waals surface area contributed by atoms with Gasteiger partial charge in [-0.1, -0.05) is 23.7 Å². The fourth-order valence-electron chi connectivity index (χ4n) is 2.63. The number of amides is 1. The van der Waals surface area contributed by atoms with E-state index in [0.717, 1.165) is 17.5 Å². The van der Waals surface area contributed by atoms with E-state index in [0.29, 0.717) is 17.4 Å². The van der Waals surface area contributed by atoms with Gasteiger partial charge < -0.3 is 5.32 Å². The van der Waals surface area contributed by atoms with Crippen LogP contribution in [0, 0.1) is 17.0 Å². The molecule has 0 spiro atoms. The molecule has 0 aliphatic rings. The summed E-state index contributed by atoms with van der Waals surface area (Å²) in [7, 11) is 0. The average Bonchev–Trinajstić information content (AvgIpc) is 3.23. The molecule has 0 aliphatic heterocycles. The molecule has 0 aliphatic carbocycles. The van der Waals surface area contributed by atoms with E-state index in [-0.39, 0.29) is 5.69 Å². The lowest BCUT2D eigenvalue weighted by Gasteiger charge is -2.23. The highest BCUT2D eigenvalue weighted by Gasteiger charge is 2.32. The zero-order valence-electron chi connectivity index (χ0n) is 15.6. The minimum absolute atomic E-state index is 0.178. The summed E-state index contributed by atoms with van der Waals surface area (Å²) in [5.41, 5.74) is 0.532. The van der Waals surface area contributed by atoms with Crippen LogP contribution in [0.2, 0.25) is 5.02 Å². The van der Waals surface area contributed by atoms with Crippen LogP contribution in [0.4, 0.5) is 11.5 Å². The molecule has 3 rings (SSSR count). The number of nitrogens with zero attached hydrogens (tertiary/aromatic N) is 5. The van der Waals surface area contributed by atoms with Gasteiger partial charge in [0.2, 0.25) is 0 Å². The van der Waals surface area contributed by atoms with Crippen LogP contribution in [0.3, 0.4) is 0 Å². The second-order valence-electron chi connectivity index (χ2n) is 6.87. The van der Waals surface area contributed by atoms with E-state index >= 15 is 0 Å². The number of halogens is 1. The highest BCUT2D eigenvalue weighted by molar-refractivity contribution is 6.30. The molecule has 0 saturated heterocycles. The van der Waals surface area contributed by atoms with Crippen molar-refractivity contribution in [3.63, 3.8) is 0 Å². The van der Waals surface area contributed by atoms with Gasteiger partial charge in [0.25, 0.3) is 5.91 Å². The molecule has 0 atom stereocenters. The van der Waals surface area contributed by atoms with Gasteiger partial charge in [0.1, 0.15) is 17.9 Å². The van der Waals surface area contributed by atoms with Crippen LogP contribution in [0.15, 0.2) is 42.7 Å². The Labute approximate surface area is 166 Å². The fourth-order valence-corrected chi connectivity index (χ4v) is 2.84. The van der Waals surface area contributed by atoms with Crippen LogP contribution < -0.4 is 5.32 Å². The lowest BCUT2D eigenvalue weighted by molar-refractivity contribution is -0.385. The normalized spacial score (nSPS) is 11.4. The van der Waals surface area contributed by atoms with Crippen molar-refractivity contribution in [1.29, 1.82) is 0 Å². The molecule has 28 heavy (non-hydrogen) atoms. The van der Waals surface area contributed by atoms with E-state index in [4.69, 9.17) is 11.6 Å². The van der Waals surface area contributed by atoms with Gasteiger partial charge in [-0.3, -0.25) is 24.3 Å². The number of rotatable bonds is 6. The van der Waals surface area contributed by atoms with E-state index < -0.39 is 16.4 Å². The second kappa shape index (κ2) is 7.43. The quantitative estimate of drug-likeness (QED) is 0.502. The SMILES string of the molecule is Cc1cc(NC(=O)C(C)(C)n2cc([N+](=O)[O-])cn2)nn1Cc1cccc(Cl)c1. The Hall–Kier alpha value is -3.20. The van der Waals surface area contributed by atoms with Crippen molar-refractivity contribution in [2.75, 3.05) is 5.32 Å². The molecule has 9 nitrogen and oxygen atoms in total. The zero-order valence-corrected chi connectivity index (χ0v) is 16.3. The van der Waals surface area contributed by atoms with Crippen molar-refractivity contribution in [1.82, 2.24) is 19.6 Å². The van der Waals surface area contributed by atoms with Crippen molar-refractivity contribution in [2.24, 2.45) is 0 Å². The van der Waals surface area contributed by atoms with E-state index in [1.54, 1.807) is 30.7 Å². The summed E-state index contributed by atoms with van der Waals surface area (Å²) in [5.74, 6) is -0.00263. The Morgan fingerprint density at radius 1 is 1.36 bits per heavy atom. The third-order valence-electron chi connectivity index (χ3n) is 4.35. The van der Waals surface area contributed by atoms with Gasteiger partial charge in [-0.15, -0.1) is 0 Å². The van der Waals surface area contributed by atoms with Gasteiger partial charge in [-0.2, -0.15) is 10.2 Å². The molecule has 0 bridgehead atoms. The van der Waals surface area contributed by atoms with Gasteiger partial charge in [-0.25, -0.2) is 0 Å². The van der Waals surface area contributed by atoms with Gasteiger partial charge >= 0.3 is 5.69 Å². The maximum Gasteiger partial charge on any atom is 0.307 e. The molecule has 0 saturated carbocycles. The van der Waals surface area contributed by atoms with Crippen LogP contribution in [-0.4, -0.2) is 30.4 Å². The number of nitro groups is 1. The van der Waals surface area contributed by atoms with Crippen LogP contribution in [0.25, 0.3) is 0 Å². The molecule has 3 aromatic rings. The first-order valence-electron chi connectivity index (χ1n) is 8.46. The van der Waals surface area contributed by atoms with Gasteiger partial charge in [-0.05, 0) is 38.5 Å². The number of aryl methyl sites for hydroxylation is 1. The van der Waals surface area contributed by atoms with Crippen LogP contribution in [0.5, 0.6) is 0 Å². The Bertz CT molecular complexity index is 1040. The lowest BCUT2D eigenvalue weighted by atomic mass is 10.1. The average molecular weight is 403 g/mol. The molecule has 146 valence electrons. The van der Waals surface area contributed by atoms with E-state index in [1.165, 1.54) is 10.9 Å². The molecule has 1 N–H and O–H groups in total. The maximum atomic E-state index is 12.7. The first kappa shape index (κ1) is 19.6. The highest BCUT2D eigenvalue weighted by atomic mass is 35.5. The number of carbonyl (C=O) groups is 1. The summed E-state index contributed by atoms with van der Waals surface area (Å²) in [6.45, 7) is 5.63. The maximum absolute atomic E-state index is 12.7. The first-order valence-corrected chi connectivity index (χ1v) is 8.84. The molecular weight excluding hydrogens is 384 g/mol. The summed E-state index contributed by atoms with van der Waals surface area (Å²) < 4.78 is 3.02. The third kappa shape index (κ3) is 4.04. The number of nitrogens with one attached hydrogen (secondary N) is 1. The van der Waals surface area contributed by atoms with Crippen molar-refractivity contribution >= 4 is 29.0 Å². The molecule has 2 aromatic heterocycles. The van der Waals surface area contributed by atoms with E-state index in [2.05, 4.69) is 15.5 Å². The summed E-state index contributed by atoms with van der Waals surface area (Å²) >= 11 is 6.02. The van der Waals surface area contributed by atoms with E-state index in [9.17, 15) is 14.9 Å². The number of carbonyl (C=O) groups excluding carboxylic acids is 1.